The van der Waals surface area contributed by atoms with Gasteiger partial charge in [-0.1, -0.05) is 18.2 Å². The summed E-state index contributed by atoms with van der Waals surface area (Å²) in [5.74, 6) is 0. The van der Waals surface area contributed by atoms with Crippen molar-refractivity contribution in [1.82, 2.24) is 4.90 Å². The molecule has 0 unspecified atom stereocenters. The monoisotopic (exact) mass is 262 g/mol. The number of unbranched alkanes of at least 4 members (excludes halogenated alkanes) is 2. The number of hydrogen-bond donors (Lipinski definition) is 1. The molecule has 0 bridgehead atoms. The highest BCUT2D eigenvalue weighted by Crippen LogP contribution is 2.20. The molecule has 1 fully saturated rings. The van der Waals surface area contributed by atoms with Gasteiger partial charge in [0.1, 0.15) is 0 Å². The average Bonchev–Trinajstić information content (AvgIpc) is 2.45. The lowest BCUT2D eigenvalue weighted by atomic mass is 10.1. The number of para-hydroxylation sites is 1. The molecule has 0 atom stereocenters. The molecule has 1 heterocycles. The van der Waals surface area contributed by atoms with Crippen LogP contribution in [0.3, 0.4) is 0 Å². The van der Waals surface area contributed by atoms with Crippen LogP contribution >= 0.6 is 0 Å². The first-order chi connectivity index (χ1) is 9.31. The summed E-state index contributed by atoms with van der Waals surface area (Å²) in [6.45, 7) is 8.29. The molecule has 3 nitrogen and oxygen atoms in total. The van der Waals surface area contributed by atoms with E-state index in [9.17, 15) is 0 Å². The van der Waals surface area contributed by atoms with E-state index in [-0.39, 0.29) is 0 Å². The van der Waals surface area contributed by atoms with Crippen LogP contribution in [0.15, 0.2) is 24.3 Å². The molecule has 1 N–H and O–H groups in total. The van der Waals surface area contributed by atoms with E-state index in [0.717, 1.165) is 39.0 Å². The number of benzene rings is 1. The van der Waals surface area contributed by atoms with E-state index in [4.69, 9.17) is 5.11 Å². The number of nitrogens with zero attached hydrogens (tertiary/aromatic N) is 2. The van der Waals surface area contributed by atoms with Crippen LogP contribution in [0.2, 0.25) is 0 Å². The molecule has 1 aromatic carbocycles. The first-order valence-corrected chi connectivity index (χ1v) is 7.45. The molecule has 3 heteroatoms. The van der Waals surface area contributed by atoms with E-state index in [1.165, 1.54) is 24.2 Å². The lowest BCUT2D eigenvalue weighted by Crippen LogP contribution is -2.46. The summed E-state index contributed by atoms with van der Waals surface area (Å²) < 4.78 is 0. The van der Waals surface area contributed by atoms with E-state index >= 15 is 0 Å². The Morgan fingerprint density at radius 1 is 1.00 bits per heavy atom. The van der Waals surface area contributed by atoms with Crippen LogP contribution in [-0.4, -0.2) is 49.3 Å². The summed E-state index contributed by atoms with van der Waals surface area (Å²) in [7, 11) is 0. The lowest BCUT2D eigenvalue weighted by molar-refractivity contribution is 0.242. The minimum absolute atomic E-state index is 0.334. The maximum absolute atomic E-state index is 8.77. The van der Waals surface area contributed by atoms with Crippen LogP contribution in [0.5, 0.6) is 0 Å². The molecule has 1 aliphatic rings. The topological polar surface area (TPSA) is 26.7 Å². The predicted octanol–water partition coefficient (Wildman–Crippen LogP) is 2.28. The van der Waals surface area contributed by atoms with Crippen LogP contribution in [0.1, 0.15) is 24.8 Å². The van der Waals surface area contributed by atoms with Gasteiger partial charge in [0.05, 0.1) is 0 Å². The molecular formula is C16H26N2O. The summed E-state index contributed by atoms with van der Waals surface area (Å²) >= 11 is 0. The molecule has 1 aliphatic heterocycles. The minimum Gasteiger partial charge on any atom is -0.396 e. The van der Waals surface area contributed by atoms with Gasteiger partial charge in [0.15, 0.2) is 0 Å². The minimum atomic E-state index is 0.334. The third-order valence-electron chi connectivity index (χ3n) is 3.96. The van der Waals surface area contributed by atoms with Crippen molar-refractivity contribution in [3.05, 3.63) is 29.8 Å². The number of aryl methyl sites for hydroxylation is 1. The van der Waals surface area contributed by atoms with Crippen molar-refractivity contribution in [2.24, 2.45) is 0 Å². The average molecular weight is 262 g/mol. The fourth-order valence-corrected chi connectivity index (χ4v) is 2.75. The summed E-state index contributed by atoms with van der Waals surface area (Å²) in [5, 5.41) is 8.77. The highest BCUT2D eigenvalue weighted by atomic mass is 16.2. The summed E-state index contributed by atoms with van der Waals surface area (Å²) in [4.78, 5) is 5.05. The largest absolute Gasteiger partial charge is 0.396 e. The van der Waals surface area contributed by atoms with Crippen LogP contribution in [0.25, 0.3) is 0 Å². The molecule has 0 aromatic heterocycles. The first kappa shape index (κ1) is 14.4. The van der Waals surface area contributed by atoms with Gasteiger partial charge in [0, 0.05) is 38.5 Å². The SMILES string of the molecule is Cc1ccccc1N1CCN(CCCCCO)CC1. The highest BCUT2D eigenvalue weighted by Gasteiger charge is 2.17. The second kappa shape index (κ2) is 7.51. The Morgan fingerprint density at radius 3 is 2.42 bits per heavy atom. The quantitative estimate of drug-likeness (QED) is 0.797. The second-order valence-corrected chi connectivity index (χ2v) is 5.40. The molecule has 1 aromatic rings. The lowest BCUT2D eigenvalue weighted by Gasteiger charge is -2.36. The van der Waals surface area contributed by atoms with Gasteiger partial charge in [-0.15, -0.1) is 0 Å². The van der Waals surface area contributed by atoms with E-state index in [1.807, 2.05) is 0 Å². The van der Waals surface area contributed by atoms with Gasteiger partial charge in [0.25, 0.3) is 0 Å². The number of piperazine rings is 1. The second-order valence-electron chi connectivity index (χ2n) is 5.40. The van der Waals surface area contributed by atoms with Gasteiger partial charge in [0.2, 0.25) is 0 Å². The zero-order valence-electron chi connectivity index (χ0n) is 12.0. The zero-order valence-corrected chi connectivity index (χ0v) is 12.0. The van der Waals surface area contributed by atoms with Crippen molar-refractivity contribution in [3.8, 4) is 0 Å². The molecule has 106 valence electrons. The van der Waals surface area contributed by atoms with Crippen molar-refractivity contribution in [3.63, 3.8) is 0 Å². The Bertz CT molecular complexity index is 373. The summed E-state index contributed by atoms with van der Waals surface area (Å²) in [5.41, 5.74) is 2.77. The molecule has 2 rings (SSSR count). The fraction of sp³-hybridized carbons (Fsp3) is 0.625. The van der Waals surface area contributed by atoms with Gasteiger partial charge in [-0.25, -0.2) is 0 Å². The summed E-state index contributed by atoms with van der Waals surface area (Å²) in [6.07, 6.45) is 3.31. The molecular weight excluding hydrogens is 236 g/mol. The Balaban J connectivity index is 1.75. The number of rotatable bonds is 6. The van der Waals surface area contributed by atoms with E-state index in [2.05, 4.69) is 41.0 Å². The Hall–Kier alpha value is -1.06. The maximum Gasteiger partial charge on any atom is 0.0431 e. The normalized spacial score (nSPS) is 16.8. The van der Waals surface area contributed by atoms with E-state index in [0.29, 0.717) is 6.61 Å². The predicted molar refractivity (Wildman–Crippen MR) is 80.8 cm³/mol. The van der Waals surface area contributed by atoms with Crippen LogP contribution in [0, 0.1) is 6.92 Å². The van der Waals surface area contributed by atoms with Crippen LogP contribution < -0.4 is 4.90 Å². The molecule has 0 aliphatic carbocycles. The van der Waals surface area contributed by atoms with Gasteiger partial charge < -0.3 is 10.0 Å². The number of hydrogen-bond acceptors (Lipinski definition) is 3. The Labute approximate surface area is 116 Å². The van der Waals surface area contributed by atoms with Crippen molar-refractivity contribution in [1.29, 1.82) is 0 Å². The van der Waals surface area contributed by atoms with Crippen molar-refractivity contribution in [2.45, 2.75) is 26.2 Å². The molecule has 19 heavy (non-hydrogen) atoms. The number of anilines is 1. The van der Waals surface area contributed by atoms with Gasteiger partial charge in [-0.05, 0) is 44.4 Å². The highest BCUT2D eigenvalue weighted by molar-refractivity contribution is 5.53. The van der Waals surface area contributed by atoms with Crippen molar-refractivity contribution >= 4 is 5.69 Å². The third-order valence-corrected chi connectivity index (χ3v) is 3.96. The molecule has 1 saturated heterocycles. The van der Waals surface area contributed by atoms with Gasteiger partial charge >= 0.3 is 0 Å². The van der Waals surface area contributed by atoms with Crippen LogP contribution in [0.4, 0.5) is 5.69 Å². The Morgan fingerprint density at radius 2 is 1.74 bits per heavy atom. The fourth-order valence-electron chi connectivity index (χ4n) is 2.75. The smallest absolute Gasteiger partial charge is 0.0431 e. The van der Waals surface area contributed by atoms with Gasteiger partial charge in [-0.3, -0.25) is 4.90 Å². The van der Waals surface area contributed by atoms with E-state index in [1.54, 1.807) is 0 Å². The Kier molecular flexibility index (Phi) is 5.67. The molecule has 0 radical (unpaired) electrons. The third kappa shape index (κ3) is 4.22. The first-order valence-electron chi connectivity index (χ1n) is 7.45. The van der Waals surface area contributed by atoms with E-state index < -0.39 is 0 Å². The molecule has 0 amide bonds. The zero-order chi connectivity index (χ0) is 13.5. The number of aliphatic hydroxyl groups is 1. The summed E-state index contributed by atoms with van der Waals surface area (Å²) in [6, 6.07) is 8.66. The van der Waals surface area contributed by atoms with Crippen molar-refractivity contribution < 1.29 is 5.11 Å². The molecule has 0 saturated carbocycles. The maximum atomic E-state index is 8.77. The number of aliphatic hydroxyl groups excluding tert-OH is 1. The molecule has 0 spiro atoms. The van der Waals surface area contributed by atoms with Gasteiger partial charge in [-0.2, -0.15) is 0 Å². The standard InChI is InChI=1S/C16H26N2O/c1-15-7-3-4-8-16(15)18-12-10-17(11-13-18)9-5-2-6-14-19/h3-4,7-8,19H,2,5-6,9-14H2,1H3. The van der Waals surface area contributed by atoms with Crippen molar-refractivity contribution in [2.75, 3.05) is 44.2 Å². The van der Waals surface area contributed by atoms with Crippen LogP contribution in [-0.2, 0) is 0 Å².